The number of nitrogens with one attached hydrogen (secondary N) is 2. The first-order valence-corrected chi connectivity index (χ1v) is 17.2. The minimum absolute atomic E-state index is 0.0741. The number of aliphatic hydroxyl groups is 2. The molecule has 2 aromatic heterocycles. The van der Waals surface area contributed by atoms with E-state index in [4.69, 9.17) is 15.0 Å². The molecule has 0 saturated heterocycles. The predicted octanol–water partition coefficient (Wildman–Crippen LogP) is 6.25. The van der Waals surface area contributed by atoms with Gasteiger partial charge in [0.1, 0.15) is 0 Å². The van der Waals surface area contributed by atoms with Crippen molar-refractivity contribution >= 4 is 35.4 Å². The van der Waals surface area contributed by atoms with Gasteiger partial charge in [-0.25, -0.2) is 4.99 Å². The lowest BCUT2D eigenvalue weighted by Crippen LogP contribution is -2.14. The van der Waals surface area contributed by atoms with Crippen LogP contribution in [0.4, 0.5) is 0 Å². The van der Waals surface area contributed by atoms with Crippen molar-refractivity contribution in [2.24, 2.45) is 20.9 Å². The van der Waals surface area contributed by atoms with Crippen molar-refractivity contribution in [2.75, 3.05) is 13.2 Å². The molecule has 1 unspecified atom stereocenters. The van der Waals surface area contributed by atoms with E-state index in [0.29, 0.717) is 25.2 Å². The molecule has 7 nitrogen and oxygen atoms in total. The Labute approximate surface area is 278 Å². The van der Waals surface area contributed by atoms with Crippen LogP contribution in [0, 0.1) is 19.8 Å². The summed E-state index contributed by atoms with van der Waals surface area (Å²) in [6, 6.07) is 2.10. The fourth-order valence-electron chi connectivity index (χ4n) is 7.79. The first kappa shape index (κ1) is 32.9. The Hall–Kier alpha value is -4.07. The van der Waals surface area contributed by atoms with Crippen LogP contribution in [-0.4, -0.2) is 56.6 Å². The van der Waals surface area contributed by atoms with Crippen molar-refractivity contribution in [3.63, 3.8) is 0 Å². The van der Waals surface area contributed by atoms with Gasteiger partial charge in [-0.2, -0.15) is 0 Å². The van der Waals surface area contributed by atoms with Crippen LogP contribution in [0.15, 0.2) is 72.0 Å². The van der Waals surface area contributed by atoms with E-state index in [2.05, 4.69) is 95.7 Å². The summed E-state index contributed by atoms with van der Waals surface area (Å²) in [5.74, 6) is 0.304. The van der Waals surface area contributed by atoms with Crippen LogP contribution in [0.3, 0.4) is 0 Å². The molecule has 4 aliphatic rings. The zero-order valence-electron chi connectivity index (χ0n) is 29.2. The molecule has 0 aliphatic carbocycles. The van der Waals surface area contributed by atoms with Crippen molar-refractivity contribution in [3.8, 4) is 0 Å². The van der Waals surface area contributed by atoms with E-state index in [1.165, 1.54) is 27.9 Å². The molecule has 4 N–H and O–H groups in total. The van der Waals surface area contributed by atoms with Gasteiger partial charge in [-0.1, -0.05) is 27.7 Å². The zero-order chi connectivity index (χ0) is 33.6. The third kappa shape index (κ3) is 5.96. The lowest BCUT2D eigenvalue weighted by molar-refractivity contribution is 0.297. The maximum Gasteiger partial charge on any atom is 0.0779 e. The molecule has 2 aromatic rings. The third-order valence-corrected chi connectivity index (χ3v) is 10.2. The van der Waals surface area contributed by atoms with Crippen LogP contribution in [0.2, 0.25) is 0 Å². The topological polar surface area (TPSA) is 109 Å². The molecule has 0 spiro atoms. The number of hydrogen-bond donors (Lipinski definition) is 4. The number of aliphatic imine (C=N–C) groups is 3. The molecule has 0 amide bonds. The van der Waals surface area contributed by atoms with Gasteiger partial charge in [0, 0.05) is 47.4 Å². The summed E-state index contributed by atoms with van der Waals surface area (Å²) >= 11 is 0. The monoisotopic (exact) mass is 631 g/mol. The minimum atomic E-state index is -0.0816. The highest BCUT2D eigenvalue weighted by molar-refractivity contribution is 6.24. The number of aryl methyl sites for hydroxylation is 1. The molecule has 4 aliphatic heterocycles. The molecule has 0 saturated carbocycles. The third-order valence-electron chi connectivity index (χ3n) is 10.2. The second kappa shape index (κ2) is 13.2. The normalized spacial score (nSPS) is 22.1. The van der Waals surface area contributed by atoms with Crippen molar-refractivity contribution in [2.45, 2.75) is 93.5 Å². The number of aromatic amines is 2. The number of H-pyrrole nitrogens is 2. The fraction of sp³-hybridized carbons (Fsp3) is 0.425. The van der Waals surface area contributed by atoms with Crippen LogP contribution < -0.4 is 10.7 Å². The van der Waals surface area contributed by atoms with Crippen molar-refractivity contribution in [1.82, 2.24) is 9.97 Å². The zero-order valence-corrected chi connectivity index (χ0v) is 29.2. The highest BCUT2D eigenvalue weighted by atomic mass is 16.3. The molecule has 0 aromatic carbocycles. The largest absolute Gasteiger partial charge is 0.396 e. The lowest BCUT2D eigenvalue weighted by atomic mass is 9.91. The van der Waals surface area contributed by atoms with Crippen molar-refractivity contribution < 1.29 is 10.2 Å². The highest BCUT2D eigenvalue weighted by Crippen LogP contribution is 2.38. The number of rotatable bonds is 7. The predicted molar refractivity (Wildman–Crippen MR) is 195 cm³/mol. The van der Waals surface area contributed by atoms with Crippen molar-refractivity contribution in [1.29, 1.82) is 0 Å². The quantitative estimate of drug-likeness (QED) is 0.290. The molecule has 6 heterocycles. The maximum atomic E-state index is 10.1. The molecule has 47 heavy (non-hydrogen) atoms. The average Bonchev–Trinajstić information content (AvgIpc) is 3.78. The van der Waals surface area contributed by atoms with Crippen LogP contribution in [-0.2, 0) is 6.42 Å². The molecule has 7 heteroatoms. The Morgan fingerprint density at radius 2 is 1.55 bits per heavy atom. The van der Waals surface area contributed by atoms with Crippen molar-refractivity contribution in [3.05, 3.63) is 95.8 Å². The maximum absolute atomic E-state index is 10.1. The van der Waals surface area contributed by atoms with Gasteiger partial charge in [0.05, 0.1) is 28.9 Å². The van der Waals surface area contributed by atoms with E-state index in [-0.39, 0.29) is 19.3 Å². The molecule has 0 fully saturated rings. The SMILES string of the molecule is CCC1=C(CC)C2=NC1=Cc1[nH]c(c(C)c1CCO)/C=c1\[nH]/c(cc1C)=C\C1=NC(=C\C3=NC(C2)C(CCO)=C3C)/C(C)=C1C(C)C. The minimum Gasteiger partial charge on any atom is -0.396 e. The van der Waals surface area contributed by atoms with Crippen LogP contribution in [0.25, 0.3) is 18.2 Å². The van der Waals surface area contributed by atoms with Gasteiger partial charge in [-0.3, -0.25) is 9.98 Å². The second-order valence-corrected chi connectivity index (χ2v) is 13.5. The lowest BCUT2D eigenvalue weighted by Gasteiger charge is -2.14. The van der Waals surface area contributed by atoms with Gasteiger partial charge in [0.2, 0.25) is 0 Å². The van der Waals surface area contributed by atoms with Gasteiger partial charge >= 0.3 is 0 Å². The van der Waals surface area contributed by atoms with E-state index in [1.54, 1.807) is 0 Å². The number of aliphatic hydroxyl groups excluding tert-OH is 2. The summed E-state index contributed by atoms with van der Waals surface area (Å²) in [6.07, 6.45) is 12.3. The highest BCUT2D eigenvalue weighted by Gasteiger charge is 2.31. The van der Waals surface area contributed by atoms with Gasteiger partial charge in [-0.05, 0) is 140 Å². The Balaban J connectivity index is 1.63. The number of fused-ring (bicyclic) bond motifs is 7. The molecular weight excluding hydrogens is 582 g/mol. The summed E-state index contributed by atoms with van der Waals surface area (Å²) in [5.41, 5.74) is 17.6. The van der Waals surface area contributed by atoms with Gasteiger partial charge in [0.25, 0.3) is 0 Å². The smallest absolute Gasteiger partial charge is 0.0779 e. The first-order valence-electron chi connectivity index (χ1n) is 17.2. The Morgan fingerprint density at radius 3 is 2.23 bits per heavy atom. The van der Waals surface area contributed by atoms with E-state index in [1.807, 2.05) is 0 Å². The summed E-state index contributed by atoms with van der Waals surface area (Å²) in [6.45, 7) is 17.6. The average molecular weight is 632 g/mol. The Bertz CT molecular complexity index is 2010. The standard InChI is InChI=1S/C40H49N5O2/c1-9-27-28(10-2)36-20-38-30(12-14-47)24(7)33(43-38)18-34-25(8)40(21(3)4)39(44-34)16-26-15-22(5)31(41-26)17-32-23(6)29(11-13-46)37(42-32)19-35(27)45-36/h15-19,21,38,41-42,46-47H,9-14,20H2,1-8H3/b26-16-,31-17-,34-18-,35-19?. The summed E-state index contributed by atoms with van der Waals surface area (Å²) in [4.78, 5) is 23.1. The molecule has 246 valence electrons. The Kier molecular flexibility index (Phi) is 9.23. The second-order valence-electron chi connectivity index (χ2n) is 13.5. The number of hydrogen-bond acceptors (Lipinski definition) is 5. The molecule has 6 rings (SSSR count). The van der Waals surface area contributed by atoms with Gasteiger partial charge in [0.15, 0.2) is 0 Å². The Morgan fingerprint density at radius 1 is 0.809 bits per heavy atom. The van der Waals surface area contributed by atoms with E-state index in [0.717, 1.165) is 85.7 Å². The van der Waals surface area contributed by atoms with Gasteiger partial charge in [-0.15, -0.1) is 0 Å². The molecule has 1 atom stereocenters. The van der Waals surface area contributed by atoms with Gasteiger partial charge < -0.3 is 20.2 Å². The van der Waals surface area contributed by atoms with E-state index >= 15 is 0 Å². The van der Waals surface area contributed by atoms with Crippen LogP contribution in [0.5, 0.6) is 0 Å². The number of nitrogens with zero attached hydrogens (tertiary/aromatic N) is 3. The molecule has 10 bridgehead atoms. The van der Waals surface area contributed by atoms with E-state index in [9.17, 15) is 10.2 Å². The molecular formula is C40H49N5O2. The summed E-state index contributed by atoms with van der Waals surface area (Å²) in [5, 5.41) is 22.2. The number of aromatic nitrogens is 2. The van der Waals surface area contributed by atoms with Crippen LogP contribution >= 0.6 is 0 Å². The molecule has 0 radical (unpaired) electrons. The van der Waals surface area contributed by atoms with Crippen LogP contribution in [0.1, 0.15) is 95.3 Å². The van der Waals surface area contributed by atoms with E-state index < -0.39 is 0 Å². The summed E-state index contributed by atoms with van der Waals surface area (Å²) in [7, 11) is 0. The fourth-order valence-corrected chi connectivity index (χ4v) is 7.79. The summed E-state index contributed by atoms with van der Waals surface area (Å²) < 4.78 is 0. The first-order chi connectivity index (χ1) is 22.6. The number of allylic oxidation sites excluding steroid dienone is 6.